The Kier molecular flexibility index (Phi) is 5.54. The second-order valence-electron chi connectivity index (χ2n) is 5.71. The van der Waals surface area contributed by atoms with Crippen LogP contribution in [0.5, 0.6) is 11.5 Å². The number of carbonyl (C=O) groups is 1. The molecule has 3 rings (SSSR count). The molecule has 1 amide bonds. The lowest BCUT2D eigenvalue weighted by atomic mass is 10.1. The van der Waals surface area contributed by atoms with E-state index in [1.54, 1.807) is 18.4 Å². The lowest BCUT2D eigenvalue weighted by Gasteiger charge is -2.27. The van der Waals surface area contributed by atoms with Crippen LogP contribution in [-0.2, 0) is 6.42 Å². The van der Waals surface area contributed by atoms with E-state index in [1.807, 2.05) is 25.1 Å². The first-order chi connectivity index (χ1) is 12.1. The van der Waals surface area contributed by atoms with Gasteiger partial charge in [-0.2, -0.15) is 0 Å². The summed E-state index contributed by atoms with van der Waals surface area (Å²) in [4.78, 5) is 13.7. The minimum absolute atomic E-state index is 0.0582. The predicted octanol–water partition coefficient (Wildman–Crippen LogP) is 4.72. The van der Waals surface area contributed by atoms with Crippen molar-refractivity contribution < 1.29 is 14.3 Å². The zero-order chi connectivity index (χ0) is 18.0. The number of aryl methyl sites for hydroxylation is 1. The summed E-state index contributed by atoms with van der Waals surface area (Å²) in [5, 5.41) is 7.36. The van der Waals surface area contributed by atoms with Gasteiger partial charge in [-0.3, -0.25) is 4.79 Å². The van der Waals surface area contributed by atoms with Crippen molar-refractivity contribution in [1.29, 1.82) is 0 Å². The molecular weight excluding hydrogens is 404 g/mol. The Morgan fingerprint density at radius 2 is 2.00 bits per heavy atom. The van der Waals surface area contributed by atoms with Gasteiger partial charge < -0.3 is 20.1 Å². The van der Waals surface area contributed by atoms with Gasteiger partial charge in [-0.05, 0) is 31.5 Å². The van der Waals surface area contributed by atoms with Gasteiger partial charge in [0.25, 0.3) is 5.91 Å². The van der Waals surface area contributed by atoms with Gasteiger partial charge in [0, 0.05) is 14.9 Å². The molecule has 25 heavy (non-hydrogen) atoms. The molecule has 0 bridgehead atoms. The highest BCUT2D eigenvalue weighted by molar-refractivity contribution is 9.10. The van der Waals surface area contributed by atoms with E-state index >= 15 is 0 Å². The number of methoxy groups -OCH3 is 1. The van der Waals surface area contributed by atoms with E-state index in [4.69, 9.17) is 9.47 Å². The molecule has 1 aliphatic rings. The minimum atomic E-state index is -0.327. The van der Waals surface area contributed by atoms with Crippen LogP contribution < -0.4 is 20.1 Å². The van der Waals surface area contributed by atoms with Gasteiger partial charge in [-0.15, -0.1) is 11.3 Å². The number of amides is 1. The van der Waals surface area contributed by atoms with E-state index in [-0.39, 0.29) is 12.1 Å². The third-order valence-corrected chi connectivity index (χ3v) is 5.78. The fourth-order valence-electron chi connectivity index (χ4n) is 2.82. The SMILES string of the molecule is CCCc1cc2c(s1)NC(c1cc(OC)c(OCC)cc1Br)NC2=O. The Labute approximate surface area is 159 Å². The number of benzene rings is 1. The quantitative estimate of drug-likeness (QED) is 0.703. The highest BCUT2D eigenvalue weighted by atomic mass is 79.9. The summed E-state index contributed by atoms with van der Waals surface area (Å²) in [5.41, 5.74) is 1.61. The van der Waals surface area contributed by atoms with Crippen molar-refractivity contribution in [3.05, 3.63) is 38.7 Å². The van der Waals surface area contributed by atoms with Crippen LogP contribution in [0.1, 0.15) is 47.2 Å². The maximum absolute atomic E-state index is 12.5. The van der Waals surface area contributed by atoms with Gasteiger partial charge in [-0.1, -0.05) is 29.3 Å². The lowest BCUT2D eigenvalue weighted by molar-refractivity contribution is 0.0936. The predicted molar refractivity (Wildman–Crippen MR) is 104 cm³/mol. The van der Waals surface area contributed by atoms with Crippen molar-refractivity contribution in [2.75, 3.05) is 19.0 Å². The maximum Gasteiger partial charge on any atom is 0.256 e. The Morgan fingerprint density at radius 1 is 1.20 bits per heavy atom. The molecule has 0 saturated heterocycles. The number of nitrogens with one attached hydrogen (secondary N) is 2. The Morgan fingerprint density at radius 3 is 2.68 bits per heavy atom. The molecule has 1 aromatic heterocycles. The van der Waals surface area contributed by atoms with E-state index in [0.717, 1.165) is 33.4 Å². The van der Waals surface area contributed by atoms with Gasteiger partial charge in [0.1, 0.15) is 11.2 Å². The van der Waals surface area contributed by atoms with Crippen LogP contribution in [-0.4, -0.2) is 19.6 Å². The number of fused-ring (bicyclic) bond motifs is 1. The van der Waals surface area contributed by atoms with Crippen molar-refractivity contribution in [3.8, 4) is 11.5 Å². The Bertz CT molecular complexity index is 791. The number of carbonyl (C=O) groups excluding carboxylic acids is 1. The van der Waals surface area contributed by atoms with Crippen molar-refractivity contribution in [3.63, 3.8) is 0 Å². The first-order valence-corrected chi connectivity index (χ1v) is 9.88. The number of rotatable bonds is 6. The second-order valence-corrected chi connectivity index (χ2v) is 7.71. The maximum atomic E-state index is 12.5. The average Bonchev–Trinajstić information content (AvgIpc) is 2.99. The number of ether oxygens (including phenoxy) is 2. The fourth-order valence-corrected chi connectivity index (χ4v) is 4.55. The molecule has 0 spiro atoms. The molecule has 0 radical (unpaired) electrons. The van der Waals surface area contributed by atoms with Crippen LogP contribution in [0.2, 0.25) is 0 Å². The van der Waals surface area contributed by atoms with Crippen LogP contribution in [0.25, 0.3) is 0 Å². The molecule has 1 atom stereocenters. The van der Waals surface area contributed by atoms with E-state index in [0.29, 0.717) is 18.1 Å². The number of hydrogen-bond acceptors (Lipinski definition) is 5. The van der Waals surface area contributed by atoms with Crippen LogP contribution in [0, 0.1) is 0 Å². The lowest BCUT2D eigenvalue weighted by Crippen LogP contribution is -2.37. The molecule has 0 fully saturated rings. The van der Waals surface area contributed by atoms with Crippen LogP contribution in [0.15, 0.2) is 22.7 Å². The van der Waals surface area contributed by atoms with Crippen molar-refractivity contribution >= 4 is 38.2 Å². The molecule has 2 heterocycles. The zero-order valence-electron chi connectivity index (χ0n) is 14.4. The second kappa shape index (κ2) is 7.66. The molecule has 1 unspecified atom stereocenters. The third-order valence-electron chi connectivity index (χ3n) is 3.97. The molecule has 1 aromatic carbocycles. The molecule has 1 aliphatic heterocycles. The number of hydrogen-bond donors (Lipinski definition) is 2. The van der Waals surface area contributed by atoms with Crippen molar-refractivity contribution in [1.82, 2.24) is 5.32 Å². The van der Waals surface area contributed by atoms with Gasteiger partial charge in [-0.25, -0.2) is 0 Å². The summed E-state index contributed by atoms with van der Waals surface area (Å²) in [6.45, 7) is 4.62. The topological polar surface area (TPSA) is 59.6 Å². The average molecular weight is 425 g/mol. The number of halogens is 1. The Balaban J connectivity index is 1.93. The summed E-state index contributed by atoms with van der Waals surface area (Å²) in [5.74, 6) is 1.25. The summed E-state index contributed by atoms with van der Waals surface area (Å²) in [6.07, 6.45) is 1.72. The highest BCUT2D eigenvalue weighted by Crippen LogP contribution is 2.40. The van der Waals surface area contributed by atoms with E-state index in [2.05, 4.69) is 33.5 Å². The van der Waals surface area contributed by atoms with Crippen molar-refractivity contribution in [2.24, 2.45) is 0 Å². The van der Waals surface area contributed by atoms with Crippen molar-refractivity contribution in [2.45, 2.75) is 32.9 Å². The van der Waals surface area contributed by atoms with Crippen LogP contribution in [0.3, 0.4) is 0 Å². The first-order valence-electron chi connectivity index (χ1n) is 8.27. The molecule has 5 nitrogen and oxygen atoms in total. The monoisotopic (exact) mass is 424 g/mol. The highest BCUT2D eigenvalue weighted by Gasteiger charge is 2.29. The molecular formula is C18H21BrN2O3S. The standard InChI is InChI=1S/C18H21BrN2O3S/c1-4-6-10-7-12-17(22)20-16(21-18(12)25-10)11-8-14(23-3)15(24-5-2)9-13(11)19/h7-9,16,21H,4-6H2,1-3H3,(H,20,22). The molecule has 0 aliphatic carbocycles. The normalized spacial score (nSPS) is 16.0. The molecule has 2 N–H and O–H groups in total. The minimum Gasteiger partial charge on any atom is -0.493 e. The summed E-state index contributed by atoms with van der Waals surface area (Å²) in [6, 6.07) is 5.74. The van der Waals surface area contributed by atoms with E-state index in [1.165, 1.54) is 4.88 Å². The molecule has 2 aromatic rings. The van der Waals surface area contributed by atoms with E-state index < -0.39 is 0 Å². The third kappa shape index (κ3) is 3.62. The van der Waals surface area contributed by atoms with E-state index in [9.17, 15) is 4.79 Å². The first kappa shape index (κ1) is 18.1. The van der Waals surface area contributed by atoms with Crippen LogP contribution >= 0.6 is 27.3 Å². The Hall–Kier alpha value is -1.73. The van der Waals surface area contributed by atoms with Gasteiger partial charge >= 0.3 is 0 Å². The van der Waals surface area contributed by atoms with Gasteiger partial charge in [0.2, 0.25) is 0 Å². The molecule has 7 heteroatoms. The summed E-state index contributed by atoms with van der Waals surface area (Å²) >= 11 is 5.23. The van der Waals surface area contributed by atoms with Gasteiger partial charge in [0.15, 0.2) is 11.5 Å². The zero-order valence-corrected chi connectivity index (χ0v) is 16.8. The van der Waals surface area contributed by atoms with Gasteiger partial charge in [0.05, 0.1) is 19.3 Å². The number of thiophene rings is 1. The largest absolute Gasteiger partial charge is 0.493 e. The fraction of sp³-hybridized carbons (Fsp3) is 0.389. The number of anilines is 1. The summed E-state index contributed by atoms with van der Waals surface area (Å²) < 4.78 is 11.9. The molecule has 134 valence electrons. The summed E-state index contributed by atoms with van der Waals surface area (Å²) in [7, 11) is 1.61. The molecule has 0 saturated carbocycles. The van der Waals surface area contributed by atoms with Crippen LogP contribution in [0.4, 0.5) is 5.00 Å². The smallest absolute Gasteiger partial charge is 0.256 e.